The molecular weight excluding hydrogens is 326 g/mol. The van der Waals surface area contributed by atoms with Gasteiger partial charge in [0, 0.05) is 25.4 Å². The Morgan fingerprint density at radius 3 is 2.88 bits per heavy atom. The molecule has 2 heterocycles. The first-order valence-electron chi connectivity index (χ1n) is 7.85. The molecule has 8 nitrogen and oxygen atoms in total. The van der Waals surface area contributed by atoms with E-state index in [0.717, 1.165) is 5.56 Å². The van der Waals surface area contributed by atoms with Crippen molar-refractivity contribution in [2.45, 2.75) is 19.2 Å². The minimum Gasteiger partial charge on any atom is -0.454 e. The van der Waals surface area contributed by atoms with Crippen LogP contribution in [0.25, 0.3) is 0 Å². The van der Waals surface area contributed by atoms with Crippen LogP contribution in [0, 0.1) is 0 Å². The first-order chi connectivity index (χ1) is 12.1. The molecule has 1 aliphatic heterocycles. The number of aromatic nitrogens is 1. The number of urea groups is 1. The van der Waals surface area contributed by atoms with Crippen molar-refractivity contribution in [3.05, 3.63) is 58.5 Å². The van der Waals surface area contributed by atoms with Crippen LogP contribution in [0.3, 0.4) is 0 Å². The predicted octanol–water partition coefficient (Wildman–Crippen LogP) is 0.437. The number of nitrogens with one attached hydrogen (secondary N) is 2. The fraction of sp³-hybridized carbons (Fsp3) is 0.294. The summed E-state index contributed by atoms with van der Waals surface area (Å²) in [5, 5.41) is 15.2. The maximum atomic E-state index is 11.8. The Kier molecular flexibility index (Phi) is 5.20. The van der Waals surface area contributed by atoms with Gasteiger partial charge in [0.05, 0.1) is 12.6 Å². The van der Waals surface area contributed by atoms with Gasteiger partial charge < -0.3 is 29.8 Å². The van der Waals surface area contributed by atoms with Crippen molar-refractivity contribution in [3.63, 3.8) is 0 Å². The summed E-state index contributed by atoms with van der Waals surface area (Å²) in [6.45, 7) is 0.669. The van der Waals surface area contributed by atoms with Crippen LogP contribution in [0.5, 0.6) is 11.5 Å². The van der Waals surface area contributed by atoms with Crippen LogP contribution >= 0.6 is 0 Å². The van der Waals surface area contributed by atoms with Gasteiger partial charge in [0.15, 0.2) is 11.5 Å². The number of hydrogen-bond acceptors (Lipinski definition) is 5. The average Bonchev–Trinajstić information content (AvgIpc) is 3.08. The van der Waals surface area contributed by atoms with Crippen molar-refractivity contribution in [1.82, 2.24) is 15.2 Å². The van der Waals surface area contributed by atoms with E-state index in [9.17, 15) is 14.7 Å². The summed E-state index contributed by atoms with van der Waals surface area (Å²) in [6, 6.07) is 9.78. The standard InChI is InChI=1S/C17H19N3O5/c21-13(10-20-6-2-1-3-16(20)22)9-19-17(23)18-8-12-4-5-14-15(7-12)25-11-24-14/h1-7,13,21H,8-11H2,(H2,18,19,23). The molecule has 2 amide bonds. The third-order valence-corrected chi connectivity index (χ3v) is 3.69. The molecule has 3 N–H and O–H groups in total. The van der Waals surface area contributed by atoms with Crippen molar-refractivity contribution in [2.75, 3.05) is 13.3 Å². The van der Waals surface area contributed by atoms with E-state index in [1.807, 2.05) is 6.07 Å². The number of ether oxygens (including phenoxy) is 2. The zero-order chi connectivity index (χ0) is 17.6. The van der Waals surface area contributed by atoms with Crippen molar-refractivity contribution >= 4 is 6.03 Å². The number of carbonyl (C=O) groups excluding carboxylic acids is 1. The molecule has 0 spiro atoms. The van der Waals surface area contributed by atoms with Gasteiger partial charge in [0.1, 0.15) is 0 Å². The van der Waals surface area contributed by atoms with Crippen molar-refractivity contribution in [3.8, 4) is 11.5 Å². The van der Waals surface area contributed by atoms with E-state index in [-0.39, 0.29) is 25.4 Å². The number of amides is 2. The molecule has 1 atom stereocenters. The number of benzene rings is 1. The molecule has 1 aromatic heterocycles. The Hall–Kier alpha value is -3.00. The molecule has 0 bridgehead atoms. The summed E-state index contributed by atoms with van der Waals surface area (Å²) in [7, 11) is 0. The number of hydrogen-bond donors (Lipinski definition) is 3. The molecular formula is C17H19N3O5. The van der Waals surface area contributed by atoms with Gasteiger partial charge in [-0.25, -0.2) is 4.79 Å². The van der Waals surface area contributed by atoms with Gasteiger partial charge in [-0.15, -0.1) is 0 Å². The monoisotopic (exact) mass is 345 g/mol. The number of pyridine rings is 1. The number of aliphatic hydroxyl groups is 1. The topological polar surface area (TPSA) is 102 Å². The lowest BCUT2D eigenvalue weighted by Crippen LogP contribution is -2.41. The summed E-state index contributed by atoms with van der Waals surface area (Å²) in [6.07, 6.45) is 0.724. The predicted molar refractivity (Wildman–Crippen MR) is 89.5 cm³/mol. The van der Waals surface area contributed by atoms with E-state index in [1.54, 1.807) is 30.5 Å². The minimum absolute atomic E-state index is 0.0360. The van der Waals surface area contributed by atoms with Gasteiger partial charge in [0.2, 0.25) is 6.79 Å². The van der Waals surface area contributed by atoms with Gasteiger partial charge in [0.25, 0.3) is 5.56 Å². The summed E-state index contributed by atoms with van der Waals surface area (Å²) in [4.78, 5) is 23.4. The summed E-state index contributed by atoms with van der Waals surface area (Å²) in [5.74, 6) is 1.34. The average molecular weight is 345 g/mol. The van der Waals surface area contributed by atoms with Gasteiger partial charge in [-0.3, -0.25) is 4.79 Å². The van der Waals surface area contributed by atoms with E-state index in [0.29, 0.717) is 18.0 Å². The maximum Gasteiger partial charge on any atom is 0.315 e. The fourth-order valence-corrected chi connectivity index (χ4v) is 2.41. The molecule has 1 aromatic carbocycles. The highest BCUT2D eigenvalue weighted by molar-refractivity contribution is 5.73. The van der Waals surface area contributed by atoms with Crippen molar-refractivity contribution < 1.29 is 19.4 Å². The number of aliphatic hydroxyl groups excluding tert-OH is 1. The van der Waals surface area contributed by atoms with Crippen molar-refractivity contribution in [1.29, 1.82) is 0 Å². The first kappa shape index (κ1) is 16.8. The molecule has 0 saturated heterocycles. The Labute approximate surface area is 144 Å². The smallest absolute Gasteiger partial charge is 0.315 e. The van der Waals surface area contributed by atoms with Crippen LogP contribution in [-0.4, -0.2) is 35.1 Å². The Morgan fingerprint density at radius 1 is 1.20 bits per heavy atom. The van der Waals surface area contributed by atoms with E-state index >= 15 is 0 Å². The second-order valence-corrected chi connectivity index (χ2v) is 5.60. The highest BCUT2D eigenvalue weighted by Crippen LogP contribution is 2.32. The Balaban J connectivity index is 1.42. The van der Waals surface area contributed by atoms with Crippen LogP contribution in [0.1, 0.15) is 5.56 Å². The second kappa shape index (κ2) is 7.71. The number of rotatable bonds is 6. The van der Waals surface area contributed by atoms with Crippen LogP contribution in [-0.2, 0) is 13.1 Å². The van der Waals surface area contributed by atoms with Gasteiger partial charge >= 0.3 is 6.03 Å². The summed E-state index contributed by atoms with van der Waals surface area (Å²) >= 11 is 0. The van der Waals surface area contributed by atoms with E-state index < -0.39 is 12.1 Å². The number of fused-ring (bicyclic) bond motifs is 1. The minimum atomic E-state index is -0.864. The highest BCUT2D eigenvalue weighted by Gasteiger charge is 2.13. The molecule has 8 heteroatoms. The third-order valence-electron chi connectivity index (χ3n) is 3.69. The maximum absolute atomic E-state index is 11.8. The van der Waals surface area contributed by atoms with E-state index in [1.165, 1.54) is 10.6 Å². The molecule has 0 aliphatic carbocycles. The largest absolute Gasteiger partial charge is 0.454 e. The lowest BCUT2D eigenvalue weighted by Gasteiger charge is -2.14. The quantitative estimate of drug-likeness (QED) is 0.705. The van der Waals surface area contributed by atoms with Gasteiger partial charge in [-0.1, -0.05) is 12.1 Å². The zero-order valence-electron chi connectivity index (χ0n) is 13.5. The molecule has 0 fully saturated rings. The molecule has 0 radical (unpaired) electrons. The zero-order valence-corrected chi connectivity index (χ0v) is 13.5. The number of nitrogens with zero attached hydrogens (tertiary/aromatic N) is 1. The molecule has 3 rings (SSSR count). The molecule has 25 heavy (non-hydrogen) atoms. The van der Waals surface area contributed by atoms with E-state index in [2.05, 4.69) is 10.6 Å². The highest BCUT2D eigenvalue weighted by atomic mass is 16.7. The molecule has 132 valence electrons. The van der Waals surface area contributed by atoms with Crippen LogP contribution in [0.15, 0.2) is 47.4 Å². The second-order valence-electron chi connectivity index (χ2n) is 5.60. The molecule has 1 unspecified atom stereocenters. The molecule has 2 aromatic rings. The van der Waals surface area contributed by atoms with Crippen LogP contribution < -0.4 is 25.7 Å². The SMILES string of the molecule is O=C(NCc1ccc2c(c1)OCO2)NCC(O)Cn1ccccc1=O. The normalized spacial score (nSPS) is 13.3. The van der Waals surface area contributed by atoms with Gasteiger partial charge in [-0.05, 0) is 23.8 Å². The number of carbonyl (C=O) groups is 1. The molecule has 1 aliphatic rings. The first-order valence-corrected chi connectivity index (χ1v) is 7.85. The summed E-state index contributed by atoms with van der Waals surface area (Å²) in [5.41, 5.74) is 0.671. The van der Waals surface area contributed by atoms with Crippen LogP contribution in [0.2, 0.25) is 0 Å². The van der Waals surface area contributed by atoms with E-state index in [4.69, 9.17) is 9.47 Å². The molecule has 0 saturated carbocycles. The Morgan fingerprint density at radius 2 is 2.04 bits per heavy atom. The summed E-state index contributed by atoms with van der Waals surface area (Å²) < 4.78 is 11.9. The Bertz CT molecular complexity index is 805. The third kappa shape index (κ3) is 4.51. The van der Waals surface area contributed by atoms with Crippen molar-refractivity contribution in [2.24, 2.45) is 0 Å². The van der Waals surface area contributed by atoms with Crippen LogP contribution in [0.4, 0.5) is 4.79 Å². The fourth-order valence-electron chi connectivity index (χ4n) is 2.41. The lowest BCUT2D eigenvalue weighted by atomic mass is 10.2. The van der Waals surface area contributed by atoms with Gasteiger partial charge in [-0.2, -0.15) is 0 Å². The lowest BCUT2D eigenvalue weighted by molar-refractivity contribution is 0.150.